The largest absolute Gasteiger partial charge is 0.497 e. The highest BCUT2D eigenvalue weighted by Crippen LogP contribution is 2.28. The summed E-state index contributed by atoms with van der Waals surface area (Å²) in [5, 5.41) is 3.01. The standard InChI is InChI=1S/C14H23N3O3.HI/c1-4-20-9-5-8-16-14(15)17-12-10-11(18-2)6-7-13(12)19-3;/h6-7,10H,4-5,8-9H2,1-3H3,(H3,15,16,17);1H. The predicted octanol–water partition coefficient (Wildman–Crippen LogP) is 2.48. The topological polar surface area (TPSA) is 78.1 Å². The van der Waals surface area contributed by atoms with E-state index in [2.05, 4.69) is 10.3 Å². The molecule has 0 saturated carbocycles. The molecule has 0 aliphatic heterocycles. The zero-order valence-electron chi connectivity index (χ0n) is 12.7. The smallest absolute Gasteiger partial charge is 0.193 e. The van der Waals surface area contributed by atoms with Crippen LogP contribution < -0.4 is 20.5 Å². The first-order valence-corrected chi connectivity index (χ1v) is 6.58. The van der Waals surface area contributed by atoms with E-state index in [1.807, 2.05) is 19.1 Å². The maximum atomic E-state index is 5.84. The Kier molecular flexibility index (Phi) is 10.8. The summed E-state index contributed by atoms with van der Waals surface area (Å²) >= 11 is 0. The molecule has 0 aliphatic carbocycles. The first-order chi connectivity index (χ1) is 9.71. The monoisotopic (exact) mass is 409 g/mol. The lowest BCUT2D eigenvalue weighted by Crippen LogP contribution is -2.23. The van der Waals surface area contributed by atoms with Gasteiger partial charge in [-0.25, -0.2) is 0 Å². The molecule has 21 heavy (non-hydrogen) atoms. The molecule has 0 aliphatic rings. The molecule has 0 aromatic heterocycles. The summed E-state index contributed by atoms with van der Waals surface area (Å²) in [6, 6.07) is 5.43. The second-order valence-electron chi connectivity index (χ2n) is 4.01. The maximum Gasteiger partial charge on any atom is 0.193 e. The second kappa shape index (κ2) is 11.4. The van der Waals surface area contributed by atoms with Crippen molar-refractivity contribution in [3.63, 3.8) is 0 Å². The number of benzene rings is 1. The highest BCUT2D eigenvalue weighted by molar-refractivity contribution is 14.0. The third-order valence-electron chi connectivity index (χ3n) is 2.60. The summed E-state index contributed by atoms with van der Waals surface area (Å²) in [5.74, 6) is 1.74. The van der Waals surface area contributed by atoms with Gasteiger partial charge in [-0.15, -0.1) is 24.0 Å². The molecule has 0 fully saturated rings. The average Bonchev–Trinajstić information content (AvgIpc) is 2.47. The SMILES string of the molecule is CCOCCCN=C(N)Nc1cc(OC)ccc1OC.I. The summed E-state index contributed by atoms with van der Waals surface area (Å²) < 4.78 is 15.7. The van der Waals surface area contributed by atoms with Crippen molar-refractivity contribution in [1.29, 1.82) is 0 Å². The van der Waals surface area contributed by atoms with Crippen LogP contribution in [-0.2, 0) is 4.74 Å². The van der Waals surface area contributed by atoms with E-state index in [4.69, 9.17) is 19.9 Å². The summed E-state index contributed by atoms with van der Waals surface area (Å²) in [4.78, 5) is 4.23. The number of nitrogens with one attached hydrogen (secondary N) is 1. The van der Waals surface area contributed by atoms with Gasteiger partial charge < -0.3 is 25.3 Å². The number of anilines is 1. The second-order valence-corrected chi connectivity index (χ2v) is 4.01. The molecule has 120 valence electrons. The van der Waals surface area contributed by atoms with Crippen LogP contribution in [0, 0.1) is 0 Å². The molecule has 1 rings (SSSR count). The Balaban J connectivity index is 0.00000400. The number of rotatable bonds is 8. The molecule has 0 unspecified atom stereocenters. The minimum absolute atomic E-state index is 0. The maximum absolute atomic E-state index is 5.84. The van der Waals surface area contributed by atoms with Gasteiger partial charge in [-0.05, 0) is 25.5 Å². The molecule has 0 bridgehead atoms. The molecule has 1 aromatic carbocycles. The predicted molar refractivity (Wildman–Crippen MR) is 96.2 cm³/mol. The minimum Gasteiger partial charge on any atom is -0.497 e. The fraction of sp³-hybridized carbons (Fsp3) is 0.500. The Hall–Kier alpha value is -1.22. The Bertz CT molecular complexity index is 441. The Morgan fingerprint density at radius 1 is 1.29 bits per heavy atom. The quantitative estimate of drug-likeness (QED) is 0.299. The molecule has 0 radical (unpaired) electrons. The molecular weight excluding hydrogens is 385 g/mol. The molecule has 0 atom stereocenters. The van der Waals surface area contributed by atoms with Crippen LogP contribution in [0.5, 0.6) is 11.5 Å². The minimum atomic E-state index is 0. The van der Waals surface area contributed by atoms with E-state index < -0.39 is 0 Å². The van der Waals surface area contributed by atoms with Crippen LogP contribution in [0.3, 0.4) is 0 Å². The van der Waals surface area contributed by atoms with Crippen molar-refractivity contribution >= 4 is 35.6 Å². The molecule has 7 heteroatoms. The molecule has 1 aromatic rings. The number of ether oxygens (including phenoxy) is 3. The third-order valence-corrected chi connectivity index (χ3v) is 2.60. The molecule has 3 N–H and O–H groups in total. The normalized spacial score (nSPS) is 10.7. The van der Waals surface area contributed by atoms with E-state index in [1.54, 1.807) is 20.3 Å². The Labute approximate surface area is 143 Å². The van der Waals surface area contributed by atoms with Crippen molar-refractivity contribution in [3.8, 4) is 11.5 Å². The van der Waals surface area contributed by atoms with Crippen LogP contribution in [0.2, 0.25) is 0 Å². The van der Waals surface area contributed by atoms with Crippen molar-refractivity contribution in [2.45, 2.75) is 13.3 Å². The van der Waals surface area contributed by atoms with Crippen molar-refractivity contribution in [3.05, 3.63) is 18.2 Å². The number of guanidine groups is 1. The highest BCUT2D eigenvalue weighted by atomic mass is 127. The lowest BCUT2D eigenvalue weighted by molar-refractivity contribution is 0.146. The van der Waals surface area contributed by atoms with Gasteiger partial charge in [0.25, 0.3) is 0 Å². The van der Waals surface area contributed by atoms with Crippen molar-refractivity contribution < 1.29 is 14.2 Å². The van der Waals surface area contributed by atoms with Gasteiger partial charge in [-0.3, -0.25) is 4.99 Å². The summed E-state index contributed by atoms with van der Waals surface area (Å²) in [6.07, 6.45) is 0.839. The van der Waals surface area contributed by atoms with Gasteiger partial charge in [-0.1, -0.05) is 0 Å². The average molecular weight is 409 g/mol. The van der Waals surface area contributed by atoms with E-state index in [9.17, 15) is 0 Å². The van der Waals surface area contributed by atoms with Crippen molar-refractivity contribution in [2.24, 2.45) is 10.7 Å². The molecule has 0 heterocycles. The van der Waals surface area contributed by atoms with E-state index >= 15 is 0 Å². The van der Waals surface area contributed by atoms with Gasteiger partial charge in [0.2, 0.25) is 0 Å². The number of methoxy groups -OCH3 is 2. The summed E-state index contributed by atoms with van der Waals surface area (Å²) in [6.45, 7) is 3.99. The van der Waals surface area contributed by atoms with Crippen LogP contribution >= 0.6 is 24.0 Å². The van der Waals surface area contributed by atoms with Crippen LogP contribution in [0.15, 0.2) is 23.2 Å². The fourth-order valence-electron chi connectivity index (χ4n) is 1.60. The zero-order valence-corrected chi connectivity index (χ0v) is 15.0. The van der Waals surface area contributed by atoms with Gasteiger partial charge >= 0.3 is 0 Å². The lowest BCUT2D eigenvalue weighted by atomic mass is 10.2. The first kappa shape index (κ1) is 19.8. The number of hydrogen-bond acceptors (Lipinski definition) is 4. The number of aliphatic imine (C=N–C) groups is 1. The Morgan fingerprint density at radius 3 is 2.67 bits per heavy atom. The summed E-state index contributed by atoms with van der Waals surface area (Å²) in [5.41, 5.74) is 6.56. The van der Waals surface area contributed by atoms with Gasteiger partial charge in [0.05, 0.1) is 19.9 Å². The van der Waals surface area contributed by atoms with Crippen LogP contribution in [-0.4, -0.2) is 39.9 Å². The first-order valence-electron chi connectivity index (χ1n) is 6.58. The molecule has 0 spiro atoms. The Morgan fingerprint density at radius 2 is 2.05 bits per heavy atom. The number of halogens is 1. The zero-order chi connectivity index (χ0) is 14.8. The highest BCUT2D eigenvalue weighted by Gasteiger charge is 2.05. The van der Waals surface area contributed by atoms with Crippen molar-refractivity contribution in [2.75, 3.05) is 39.3 Å². The third kappa shape index (κ3) is 7.37. The number of nitrogens with zero attached hydrogens (tertiary/aromatic N) is 1. The van der Waals surface area contributed by atoms with Crippen LogP contribution in [0.1, 0.15) is 13.3 Å². The molecule has 0 saturated heterocycles. The fourth-order valence-corrected chi connectivity index (χ4v) is 1.60. The number of nitrogens with two attached hydrogens (primary N) is 1. The van der Waals surface area contributed by atoms with E-state index in [-0.39, 0.29) is 24.0 Å². The van der Waals surface area contributed by atoms with Gasteiger partial charge in [0, 0.05) is 25.8 Å². The van der Waals surface area contributed by atoms with Gasteiger partial charge in [0.15, 0.2) is 5.96 Å². The number of hydrogen-bond donors (Lipinski definition) is 2. The van der Waals surface area contributed by atoms with E-state index in [0.717, 1.165) is 24.5 Å². The van der Waals surface area contributed by atoms with Crippen LogP contribution in [0.25, 0.3) is 0 Å². The lowest BCUT2D eigenvalue weighted by Gasteiger charge is -2.12. The molecule has 0 amide bonds. The van der Waals surface area contributed by atoms with Gasteiger partial charge in [0.1, 0.15) is 11.5 Å². The van der Waals surface area contributed by atoms with Gasteiger partial charge in [-0.2, -0.15) is 0 Å². The van der Waals surface area contributed by atoms with Crippen LogP contribution in [0.4, 0.5) is 5.69 Å². The molecular formula is C14H24IN3O3. The molecule has 6 nitrogen and oxygen atoms in total. The van der Waals surface area contributed by atoms with Crippen molar-refractivity contribution in [1.82, 2.24) is 0 Å². The summed E-state index contributed by atoms with van der Waals surface area (Å²) in [7, 11) is 3.21. The van der Waals surface area contributed by atoms with E-state index in [1.165, 1.54) is 0 Å². The van der Waals surface area contributed by atoms with E-state index in [0.29, 0.717) is 24.9 Å².